The lowest BCUT2D eigenvalue weighted by Gasteiger charge is -2.18. The maximum atomic E-state index is 12.5. The van der Waals surface area contributed by atoms with Gasteiger partial charge in [0.2, 0.25) is 0 Å². The summed E-state index contributed by atoms with van der Waals surface area (Å²) in [5.41, 5.74) is 7.61. The predicted octanol–water partition coefficient (Wildman–Crippen LogP) is 1.66. The molecule has 0 aliphatic carbocycles. The second-order valence-corrected chi connectivity index (χ2v) is 4.57. The third kappa shape index (κ3) is 3.91. The number of nitrogens with zero attached hydrogens (tertiary/aromatic N) is 2. The number of nitrogens with two attached hydrogens (primary N) is 1. The van der Waals surface area contributed by atoms with Crippen LogP contribution >= 0.6 is 0 Å². The smallest absolute Gasteiger partial charge is 0.255 e. The molecule has 21 heavy (non-hydrogen) atoms. The van der Waals surface area contributed by atoms with Gasteiger partial charge in [-0.2, -0.15) is 0 Å². The Labute approximate surface area is 124 Å². The van der Waals surface area contributed by atoms with E-state index >= 15 is 0 Å². The number of amides is 1. The summed E-state index contributed by atoms with van der Waals surface area (Å²) in [6.07, 6.45) is 3.18. The lowest BCUT2D eigenvalue weighted by Crippen LogP contribution is -2.27. The van der Waals surface area contributed by atoms with Crippen molar-refractivity contribution in [3.63, 3.8) is 0 Å². The minimum absolute atomic E-state index is 0.0809. The van der Waals surface area contributed by atoms with Gasteiger partial charge in [0.1, 0.15) is 0 Å². The SMILES string of the molecule is CN(Cc1ccccc1)C(=O)c1ccncc1C#CCN. The molecule has 0 spiro atoms. The molecule has 4 heteroatoms. The molecule has 0 radical (unpaired) electrons. The lowest BCUT2D eigenvalue weighted by molar-refractivity contribution is 0.0784. The Morgan fingerprint density at radius 1 is 1.29 bits per heavy atom. The molecule has 0 bridgehead atoms. The highest BCUT2D eigenvalue weighted by Gasteiger charge is 2.15. The van der Waals surface area contributed by atoms with E-state index in [1.807, 2.05) is 30.3 Å². The number of hydrogen-bond acceptors (Lipinski definition) is 3. The molecule has 106 valence electrons. The van der Waals surface area contributed by atoms with Gasteiger partial charge in [-0.25, -0.2) is 0 Å². The van der Waals surface area contributed by atoms with Crippen molar-refractivity contribution in [2.24, 2.45) is 5.73 Å². The summed E-state index contributed by atoms with van der Waals surface area (Å²) in [7, 11) is 1.77. The molecule has 2 rings (SSSR count). The van der Waals surface area contributed by atoms with Gasteiger partial charge < -0.3 is 10.6 Å². The van der Waals surface area contributed by atoms with E-state index in [-0.39, 0.29) is 12.5 Å². The first-order valence-electron chi connectivity index (χ1n) is 6.64. The minimum Gasteiger partial charge on any atom is -0.337 e. The molecule has 4 nitrogen and oxygen atoms in total. The van der Waals surface area contributed by atoms with Crippen molar-refractivity contribution in [1.82, 2.24) is 9.88 Å². The van der Waals surface area contributed by atoms with Crippen LogP contribution in [0.2, 0.25) is 0 Å². The van der Waals surface area contributed by atoms with Gasteiger partial charge in [0.25, 0.3) is 5.91 Å². The maximum absolute atomic E-state index is 12.5. The molecule has 2 aromatic rings. The molecule has 0 atom stereocenters. The molecule has 0 unspecified atom stereocenters. The van der Waals surface area contributed by atoms with Crippen LogP contribution in [0.3, 0.4) is 0 Å². The minimum atomic E-state index is -0.0809. The molecule has 0 aliphatic heterocycles. The predicted molar refractivity (Wildman–Crippen MR) is 82.4 cm³/mol. The summed E-state index contributed by atoms with van der Waals surface area (Å²) in [4.78, 5) is 18.2. The van der Waals surface area contributed by atoms with Crippen LogP contribution in [0, 0.1) is 11.8 Å². The summed E-state index contributed by atoms with van der Waals surface area (Å²) >= 11 is 0. The molecule has 1 aromatic heterocycles. The average molecular weight is 279 g/mol. The van der Waals surface area contributed by atoms with Crippen molar-refractivity contribution >= 4 is 5.91 Å². The standard InChI is InChI=1S/C17H17N3O/c1-20(13-14-6-3-2-4-7-14)17(21)16-9-11-19-12-15(16)8-5-10-18/h2-4,6-7,9,11-12H,10,13,18H2,1H3. The van der Waals surface area contributed by atoms with Crippen molar-refractivity contribution in [3.05, 3.63) is 65.5 Å². The third-order valence-electron chi connectivity index (χ3n) is 2.99. The van der Waals surface area contributed by atoms with E-state index in [2.05, 4.69) is 16.8 Å². The van der Waals surface area contributed by atoms with Crippen molar-refractivity contribution in [3.8, 4) is 11.8 Å². The molecule has 0 saturated heterocycles. The molecule has 1 amide bonds. The summed E-state index contributed by atoms with van der Waals surface area (Å²) in [5, 5.41) is 0. The number of pyridine rings is 1. The van der Waals surface area contributed by atoms with E-state index in [1.165, 1.54) is 0 Å². The van der Waals surface area contributed by atoms with Gasteiger partial charge in [-0.15, -0.1) is 0 Å². The van der Waals surface area contributed by atoms with Gasteiger partial charge in [-0.05, 0) is 11.6 Å². The molecule has 2 N–H and O–H groups in total. The second-order valence-electron chi connectivity index (χ2n) is 4.57. The van der Waals surface area contributed by atoms with Crippen LogP contribution in [0.15, 0.2) is 48.8 Å². The molecule has 1 heterocycles. The molecule has 0 saturated carbocycles. The number of hydrogen-bond donors (Lipinski definition) is 1. The third-order valence-corrected chi connectivity index (χ3v) is 2.99. The Bertz CT molecular complexity index is 671. The van der Waals surface area contributed by atoms with E-state index in [0.717, 1.165) is 5.56 Å². The Balaban J connectivity index is 2.20. The van der Waals surface area contributed by atoms with E-state index in [4.69, 9.17) is 5.73 Å². The van der Waals surface area contributed by atoms with Gasteiger partial charge in [-0.1, -0.05) is 42.2 Å². The molecular weight excluding hydrogens is 262 g/mol. The largest absolute Gasteiger partial charge is 0.337 e. The highest BCUT2D eigenvalue weighted by Crippen LogP contribution is 2.11. The summed E-state index contributed by atoms with van der Waals surface area (Å²) in [6, 6.07) is 11.5. The van der Waals surface area contributed by atoms with Crippen LogP contribution in [0.4, 0.5) is 0 Å². The Kier molecular flexibility index (Phi) is 5.08. The second kappa shape index (κ2) is 7.22. The summed E-state index contributed by atoms with van der Waals surface area (Å²) < 4.78 is 0. The van der Waals surface area contributed by atoms with Crippen molar-refractivity contribution in [1.29, 1.82) is 0 Å². The first-order chi connectivity index (χ1) is 10.2. The van der Waals surface area contributed by atoms with E-state index in [9.17, 15) is 4.79 Å². The van der Waals surface area contributed by atoms with Crippen molar-refractivity contribution in [2.45, 2.75) is 6.54 Å². The number of benzene rings is 1. The van der Waals surface area contributed by atoms with Crippen LogP contribution in [-0.4, -0.2) is 29.4 Å². The van der Waals surface area contributed by atoms with Crippen LogP contribution < -0.4 is 5.73 Å². The Hall–Kier alpha value is -2.64. The van der Waals surface area contributed by atoms with Crippen molar-refractivity contribution in [2.75, 3.05) is 13.6 Å². The molecule has 1 aromatic carbocycles. The average Bonchev–Trinajstić information content (AvgIpc) is 2.53. The zero-order chi connectivity index (χ0) is 15.1. The topological polar surface area (TPSA) is 59.2 Å². The molecular formula is C17H17N3O. The van der Waals surface area contributed by atoms with Crippen LogP contribution in [0.5, 0.6) is 0 Å². The summed E-state index contributed by atoms with van der Waals surface area (Å²) in [5.74, 6) is 5.56. The monoisotopic (exact) mass is 279 g/mol. The van der Waals surface area contributed by atoms with Gasteiger partial charge in [0, 0.05) is 26.0 Å². The zero-order valence-electron chi connectivity index (χ0n) is 11.9. The fraction of sp³-hybridized carbons (Fsp3) is 0.176. The molecule has 0 fully saturated rings. The zero-order valence-corrected chi connectivity index (χ0v) is 11.9. The van der Waals surface area contributed by atoms with Crippen LogP contribution in [0.25, 0.3) is 0 Å². The van der Waals surface area contributed by atoms with Gasteiger partial charge >= 0.3 is 0 Å². The van der Waals surface area contributed by atoms with Gasteiger partial charge in [0.15, 0.2) is 0 Å². The van der Waals surface area contributed by atoms with Crippen LogP contribution in [-0.2, 0) is 6.54 Å². The van der Waals surface area contributed by atoms with E-state index in [0.29, 0.717) is 17.7 Å². The number of aromatic nitrogens is 1. The Morgan fingerprint density at radius 2 is 2.05 bits per heavy atom. The highest BCUT2D eigenvalue weighted by atomic mass is 16.2. The maximum Gasteiger partial charge on any atom is 0.255 e. The normalized spacial score (nSPS) is 9.62. The highest BCUT2D eigenvalue weighted by molar-refractivity contribution is 5.96. The van der Waals surface area contributed by atoms with Crippen LogP contribution in [0.1, 0.15) is 21.5 Å². The summed E-state index contributed by atoms with van der Waals surface area (Å²) in [6.45, 7) is 0.800. The van der Waals surface area contributed by atoms with Gasteiger partial charge in [0.05, 0.1) is 17.7 Å². The quantitative estimate of drug-likeness (QED) is 0.869. The van der Waals surface area contributed by atoms with Crippen molar-refractivity contribution < 1.29 is 4.79 Å². The first kappa shape index (κ1) is 14.8. The lowest BCUT2D eigenvalue weighted by atomic mass is 10.1. The number of carbonyl (C=O) groups is 1. The number of rotatable bonds is 3. The number of carbonyl (C=O) groups excluding carboxylic acids is 1. The van der Waals surface area contributed by atoms with E-state index < -0.39 is 0 Å². The molecule has 0 aliphatic rings. The fourth-order valence-corrected chi connectivity index (χ4v) is 1.96. The first-order valence-corrected chi connectivity index (χ1v) is 6.64. The van der Waals surface area contributed by atoms with Gasteiger partial charge in [-0.3, -0.25) is 9.78 Å². The Morgan fingerprint density at radius 3 is 2.76 bits per heavy atom. The van der Waals surface area contributed by atoms with E-state index in [1.54, 1.807) is 30.4 Å². The fourth-order valence-electron chi connectivity index (χ4n) is 1.96.